The number of furan rings is 1. The molecule has 0 aliphatic rings. The highest BCUT2D eigenvalue weighted by molar-refractivity contribution is 5.92. The second kappa shape index (κ2) is 12.5. The monoisotopic (exact) mass is 431 g/mol. The van der Waals surface area contributed by atoms with E-state index in [2.05, 4.69) is 10.6 Å². The van der Waals surface area contributed by atoms with Gasteiger partial charge in [0.25, 0.3) is 5.91 Å². The van der Waals surface area contributed by atoms with Crippen molar-refractivity contribution in [3.63, 3.8) is 0 Å². The molecule has 2 rings (SSSR count). The molecule has 2 aromatic rings. The maximum Gasteiger partial charge on any atom is 0.288 e. The minimum absolute atomic E-state index is 0.100. The number of benzene rings is 1. The molecule has 1 aromatic carbocycles. The van der Waals surface area contributed by atoms with E-state index in [9.17, 15) is 24.7 Å². The van der Waals surface area contributed by atoms with E-state index in [0.717, 1.165) is 18.4 Å². The lowest BCUT2D eigenvalue weighted by molar-refractivity contribution is -0.172. The Kier molecular flexibility index (Phi) is 9.73. The van der Waals surface area contributed by atoms with Crippen molar-refractivity contribution < 1.29 is 29.1 Å². The highest BCUT2D eigenvalue weighted by Crippen LogP contribution is 2.21. The summed E-state index contributed by atoms with van der Waals surface area (Å²) in [5.41, 5.74) is 0.837. The second-order valence-electron chi connectivity index (χ2n) is 7.09. The summed E-state index contributed by atoms with van der Waals surface area (Å²) >= 11 is 0. The number of carbonyl (C=O) groups is 3. The number of hydrogen-bond donors (Lipinski definition) is 4. The van der Waals surface area contributed by atoms with Crippen LogP contribution in [0.25, 0.3) is 11.3 Å². The van der Waals surface area contributed by atoms with Crippen molar-refractivity contribution in [2.75, 3.05) is 13.3 Å². The Balaban J connectivity index is 1.93. The van der Waals surface area contributed by atoms with Gasteiger partial charge in [-0.25, -0.2) is 5.06 Å². The van der Waals surface area contributed by atoms with Crippen LogP contribution >= 0.6 is 0 Å². The lowest BCUT2D eigenvalue weighted by Gasteiger charge is -2.28. The highest BCUT2D eigenvalue weighted by Gasteiger charge is 2.31. The fraction of sp³-hybridized carbons (Fsp3) is 0.409. The van der Waals surface area contributed by atoms with Gasteiger partial charge in [-0.3, -0.25) is 19.6 Å². The normalized spacial score (nSPS) is 12.6. The first-order chi connectivity index (χ1) is 15.0. The van der Waals surface area contributed by atoms with E-state index in [1.54, 1.807) is 12.1 Å². The summed E-state index contributed by atoms with van der Waals surface area (Å²) in [6.07, 6.45) is 3.03. The molecular weight excluding hydrogens is 402 g/mol. The zero-order chi connectivity index (χ0) is 22.6. The molecule has 1 heterocycles. The van der Waals surface area contributed by atoms with Crippen LogP contribution < -0.4 is 10.6 Å². The molecule has 3 amide bonds. The summed E-state index contributed by atoms with van der Waals surface area (Å²) in [6.45, 7) is 1.27. The number of hydrogen-bond acceptors (Lipinski definition) is 6. The third-order valence-corrected chi connectivity index (χ3v) is 4.95. The van der Waals surface area contributed by atoms with Gasteiger partial charge in [-0.1, -0.05) is 56.5 Å². The van der Waals surface area contributed by atoms with Crippen molar-refractivity contribution in [2.45, 2.75) is 38.6 Å². The fourth-order valence-electron chi connectivity index (χ4n) is 3.23. The van der Waals surface area contributed by atoms with Gasteiger partial charge in [0.15, 0.2) is 5.76 Å². The number of hydroxylamine groups is 2. The van der Waals surface area contributed by atoms with E-state index in [-0.39, 0.29) is 18.8 Å². The van der Waals surface area contributed by atoms with Gasteiger partial charge in [0.05, 0.1) is 25.2 Å². The molecule has 9 nitrogen and oxygen atoms in total. The maximum atomic E-state index is 12.6. The standard InChI is InChI=1S/C22H29N3O6/c1-2-3-5-10-17(18(13-26)25(30)15-27)21(28)23-14-24-22(29)20-12-11-19(31-20)16-8-6-4-7-9-16/h4,6-9,11-12,15,17-18,26,30H,2-3,5,10,13-14H2,1H3,(H,23,28)(H,24,29)/t17?,18-/m1/s1. The molecule has 0 fully saturated rings. The minimum Gasteiger partial charge on any atom is -0.451 e. The van der Waals surface area contributed by atoms with Crippen LogP contribution in [0, 0.1) is 5.92 Å². The first-order valence-electron chi connectivity index (χ1n) is 10.3. The van der Waals surface area contributed by atoms with Crippen LogP contribution in [0.15, 0.2) is 46.9 Å². The van der Waals surface area contributed by atoms with Gasteiger partial charge in [0.2, 0.25) is 12.3 Å². The molecule has 0 saturated heterocycles. The Morgan fingerprint density at radius 3 is 2.52 bits per heavy atom. The first-order valence-corrected chi connectivity index (χ1v) is 10.3. The molecule has 0 aliphatic carbocycles. The molecule has 4 N–H and O–H groups in total. The molecular formula is C22H29N3O6. The Labute approximate surface area is 181 Å². The van der Waals surface area contributed by atoms with Crippen LogP contribution in [-0.4, -0.2) is 52.9 Å². The lowest BCUT2D eigenvalue weighted by Crippen LogP contribution is -2.49. The molecule has 0 bridgehead atoms. The SMILES string of the molecule is CCCCCC(C(=O)NCNC(=O)c1ccc(-c2ccccc2)o1)[C@@H](CO)N(O)C=O. The van der Waals surface area contributed by atoms with Crippen LogP contribution in [0.1, 0.15) is 43.2 Å². The third-order valence-electron chi connectivity index (χ3n) is 4.95. The van der Waals surface area contributed by atoms with E-state index in [4.69, 9.17) is 4.42 Å². The number of aliphatic hydroxyl groups is 1. The Hall–Kier alpha value is -3.17. The van der Waals surface area contributed by atoms with E-state index in [0.29, 0.717) is 23.7 Å². The van der Waals surface area contributed by atoms with Gasteiger partial charge in [-0.2, -0.15) is 0 Å². The molecule has 31 heavy (non-hydrogen) atoms. The summed E-state index contributed by atoms with van der Waals surface area (Å²) in [4.78, 5) is 35.8. The average molecular weight is 431 g/mol. The summed E-state index contributed by atoms with van der Waals surface area (Å²) in [6, 6.07) is 11.5. The molecule has 0 aliphatic heterocycles. The summed E-state index contributed by atoms with van der Waals surface area (Å²) < 4.78 is 5.57. The number of aliphatic hydroxyl groups excluding tert-OH is 1. The van der Waals surface area contributed by atoms with E-state index >= 15 is 0 Å². The van der Waals surface area contributed by atoms with E-state index in [1.165, 1.54) is 0 Å². The largest absolute Gasteiger partial charge is 0.451 e. The van der Waals surface area contributed by atoms with Gasteiger partial charge in [-0.15, -0.1) is 0 Å². The van der Waals surface area contributed by atoms with Crippen LogP contribution in [0.4, 0.5) is 0 Å². The Morgan fingerprint density at radius 2 is 1.87 bits per heavy atom. The number of nitrogens with zero attached hydrogens (tertiary/aromatic N) is 1. The number of carbonyl (C=O) groups excluding carboxylic acids is 3. The molecule has 0 spiro atoms. The predicted octanol–water partition coefficient (Wildman–Crippen LogP) is 2.16. The highest BCUT2D eigenvalue weighted by atomic mass is 16.5. The molecule has 168 valence electrons. The molecule has 2 atom stereocenters. The van der Waals surface area contributed by atoms with Gasteiger partial charge >= 0.3 is 0 Å². The van der Waals surface area contributed by atoms with Crippen LogP contribution in [0.2, 0.25) is 0 Å². The number of nitrogens with one attached hydrogen (secondary N) is 2. The summed E-state index contributed by atoms with van der Waals surface area (Å²) in [7, 11) is 0. The zero-order valence-electron chi connectivity index (χ0n) is 17.5. The maximum absolute atomic E-state index is 12.6. The Bertz CT molecular complexity index is 839. The topological polar surface area (TPSA) is 132 Å². The predicted molar refractivity (Wildman–Crippen MR) is 113 cm³/mol. The second-order valence-corrected chi connectivity index (χ2v) is 7.09. The van der Waals surface area contributed by atoms with Crippen molar-refractivity contribution >= 4 is 18.2 Å². The number of rotatable bonds is 13. The molecule has 1 aromatic heterocycles. The van der Waals surface area contributed by atoms with Crippen LogP contribution in [0.5, 0.6) is 0 Å². The molecule has 1 unspecified atom stereocenters. The zero-order valence-corrected chi connectivity index (χ0v) is 17.5. The van der Waals surface area contributed by atoms with Crippen molar-refractivity contribution in [1.82, 2.24) is 15.7 Å². The number of unbranched alkanes of at least 4 members (excludes halogenated alkanes) is 2. The number of amides is 3. The summed E-state index contributed by atoms with van der Waals surface area (Å²) in [5.74, 6) is -1.16. The molecule has 9 heteroatoms. The first kappa shape index (κ1) is 24.1. The van der Waals surface area contributed by atoms with E-state index in [1.807, 2.05) is 37.3 Å². The smallest absolute Gasteiger partial charge is 0.288 e. The molecule has 0 saturated carbocycles. The van der Waals surface area contributed by atoms with Crippen molar-refractivity contribution in [3.8, 4) is 11.3 Å². The van der Waals surface area contributed by atoms with Gasteiger partial charge in [-0.05, 0) is 18.6 Å². The van der Waals surface area contributed by atoms with E-state index < -0.39 is 30.4 Å². The third kappa shape index (κ3) is 6.94. The lowest BCUT2D eigenvalue weighted by atomic mass is 9.92. The molecule has 0 radical (unpaired) electrons. The fourth-order valence-corrected chi connectivity index (χ4v) is 3.23. The van der Waals surface area contributed by atoms with Gasteiger partial charge in [0.1, 0.15) is 5.76 Å². The van der Waals surface area contributed by atoms with Crippen molar-refractivity contribution in [3.05, 3.63) is 48.2 Å². The van der Waals surface area contributed by atoms with Crippen LogP contribution in [0.3, 0.4) is 0 Å². The van der Waals surface area contributed by atoms with Crippen molar-refractivity contribution in [2.24, 2.45) is 5.92 Å². The average Bonchev–Trinajstić information content (AvgIpc) is 3.29. The minimum atomic E-state index is -1.07. The quantitative estimate of drug-likeness (QED) is 0.126. The van der Waals surface area contributed by atoms with Gasteiger partial charge in [0, 0.05) is 5.56 Å². The van der Waals surface area contributed by atoms with Gasteiger partial charge < -0.3 is 20.2 Å². The van der Waals surface area contributed by atoms with Crippen molar-refractivity contribution in [1.29, 1.82) is 0 Å². The van der Waals surface area contributed by atoms with Crippen LogP contribution in [-0.2, 0) is 9.59 Å². The Morgan fingerprint density at radius 1 is 1.13 bits per heavy atom. The summed E-state index contributed by atoms with van der Waals surface area (Å²) in [5, 5.41) is 24.7.